The van der Waals surface area contributed by atoms with Gasteiger partial charge in [0.1, 0.15) is 6.04 Å². The fourth-order valence-electron chi connectivity index (χ4n) is 6.26. The molecule has 7 nitrogen and oxygen atoms in total. The van der Waals surface area contributed by atoms with Gasteiger partial charge in [-0.25, -0.2) is 0 Å². The van der Waals surface area contributed by atoms with Gasteiger partial charge in [0, 0.05) is 23.2 Å². The van der Waals surface area contributed by atoms with E-state index < -0.39 is 28.7 Å². The summed E-state index contributed by atoms with van der Waals surface area (Å²) in [6.07, 6.45) is 8.47. The number of ether oxygens (including phenoxy) is 1. The second-order valence-corrected chi connectivity index (χ2v) is 13.5. The first-order valence-electron chi connectivity index (χ1n) is 13.6. The Labute approximate surface area is 234 Å². The smallest absolute Gasteiger partial charge is 0.310 e. The van der Waals surface area contributed by atoms with Gasteiger partial charge in [-0.05, 0) is 31.6 Å². The van der Waals surface area contributed by atoms with Crippen LogP contribution in [0, 0.1) is 17.8 Å². The predicted octanol–water partition coefficient (Wildman–Crippen LogP) is 4.18. The second-order valence-electron chi connectivity index (χ2n) is 10.8. The molecule has 0 saturated carbocycles. The van der Waals surface area contributed by atoms with Gasteiger partial charge in [0.2, 0.25) is 11.8 Å². The molecule has 3 saturated heterocycles. The molecule has 0 aliphatic carbocycles. The molecule has 3 aliphatic heterocycles. The summed E-state index contributed by atoms with van der Waals surface area (Å²) in [6.45, 7) is 14.6. The van der Waals surface area contributed by atoms with E-state index in [1.807, 2.05) is 13.8 Å². The summed E-state index contributed by atoms with van der Waals surface area (Å²) in [7, 11) is 0. The molecule has 2 bridgehead atoms. The molecule has 3 heterocycles. The molecule has 1 N–H and O–H groups in total. The van der Waals surface area contributed by atoms with Gasteiger partial charge in [-0.3, -0.25) is 14.4 Å². The number of rotatable bonds is 15. The third-order valence-electron chi connectivity index (χ3n) is 8.04. The lowest BCUT2D eigenvalue weighted by molar-refractivity contribution is -0.154. The highest BCUT2D eigenvalue weighted by Crippen LogP contribution is 2.68. The van der Waals surface area contributed by atoms with Crippen LogP contribution >= 0.6 is 27.7 Å². The largest absolute Gasteiger partial charge is 0.465 e. The third kappa shape index (κ3) is 5.69. The van der Waals surface area contributed by atoms with E-state index in [1.165, 1.54) is 0 Å². The van der Waals surface area contributed by atoms with E-state index in [9.17, 15) is 19.5 Å². The molecule has 7 atom stereocenters. The highest BCUT2D eigenvalue weighted by molar-refractivity contribution is 9.09. The van der Waals surface area contributed by atoms with Crippen LogP contribution in [-0.4, -0.2) is 85.9 Å². The highest BCUT2D eigenvalue weighted by Gasteiger charge is 2.76. The van der Waals surface area contributed by atoms with Crippen molar-refractivity contribution >= 4 is 45.5 Å². The van der Waals surface area contributed by atoms with E-state index in [4.69, 9.17) is 4.74 Å². The summed E-state index contributed by atoms with van der Waals surface area (Å²) in [6, 6.07) is -1.26. The quantitative estimate of drug-likeness (QED) is 0.132. The number of nitrogens with zero attached hydrogens (tertiary/aromatic N) is 2. The van der Waals surface area contributed by atoms with Crippen LogP contribution in [0.5, 0.6) is 0 Å². The summed E-state index contributed by atoms with van der Waals surface area (Å²) in [5, 5.41) is 10.2. The first-order chi connectivity index (χ1) is 17.7. The molecule has 0 aromatic rings. The highest BCUT2D eigenvalue weighted by atomic mass is 79.9. The van der Waals surface area contributed by atoms with Gasteiger partial charge >= 0.3 is 5.97 Å². The molecule has 37 heavy (non-hydrogen) atoms. The lowest BCUT2D eigenvalue weighted by Gasteiger charge is -2.41. The summed E-state index contributed by atoms with van der Waals surface area (Å²) in [5.41, 5.74) is 0. The Hall–Kier alpha value is -1.32. The molecule has 1 spiro atoms. The predicted molar refractivity (Wildman–Crippen MR) is 151 cm³/mol. The van der Waals surface area contributed by atoms with Crippen LogP contribution in [0.25, 0.3) is 0 Å². The van der Waals surface area contributed by atoms with Crippen LogP contribution in [0.3, 0.4) is 0 Å². The molecule has 3 unspecified atom stereocenters. The van der Waals surface area contributed by atoms with E-state index in [1.54, 1.807) is 33.7 Å². The molecule has 3 aliphatic rings. The van der Waals surface area contributed by atoms with Gasteiger partial charge in [-0.1, -0.05) is 61.7 Å². The van der Waals surface area contributed by atoms with Crippen LogP contribution in [0.15, 0.2) is 25.3 Å². The van der Waals surface area contributed by atoms with Crippen molar-refractivity contribution in [2.45, 2.75) is 86.2 Å². The van der Waals surface area contributed by atoms with Gasteiger partial charge in [-0.2, -0.15) is 0 Å². The zero-order valence-corrected chi connectivity index (χ0v) is 24.8. The number of amides is 2. The lowest BCUT2D eigenvalue weighted by Crippen LogP contribution is -2.58. The number of hydrogen-bond donors (Lipinski definition) is 1. The number of halogens is 1. The average molecular weight is 600 g/mol. The molecule has 3 fully saturated rings. The van der Waals surface area contributed by atoms with E-state index in [-0.39, 0.29) is 47.0 Å². The number of thioether (sulfide) groups is 1. The second kappa shape index (κ2) is 13.2. The van der Waals surface area contributed by atoms with Gasteiger partial charge in [0.15, 0.2) is 0 Å². The van der Waals surface area contributed by atoms with E-state index >= 15 is 0 Å². The minimum Gasteiger partial charge on any atom is -0.465 e. The molecule has 208 valence electrons. The number of carbonyl (C=O) groups is 3. The maximum atomic E-state index is 14.3. The van der Waals surface area contributed by atoms with Gasteiger partial charge in [-0.15, -0.1) is 24.9 Å². The first-order valence-corrected chi connectivity index (χ1v) is 15.4. The number of unbranched alkanes of at least 4 members (excludes halogenated alkanes) is 3. The van der Waals surface area contributed by atoms with Crippen LogP contribution in [0.4, 0.5) is 0 Å². The van der Waals surface area contributed by atoms with E-state index in [0.29, 0.717) is 25.9 Å². The van der Waals surface area contributed by atoms with Crippen molar-refractivity contribution in [1.29, 1.82) is 0 Å². The summed E-state index contributed by atoms with van der Waals surface area (Å²) in [4.78, 5) is 45.3. The number of aliphatic hydroxyl groups excluding tert-OH is 1. The monoisotopic (exact) mass is 598 g/mol. The van der Waals surface area contributed by atoms with Crippen LogP contribution < -0.4 is 0 Å². The third-order valence-corrected chi connectivity index (χ3v) is 11.3. The van der Waals surface area contributed by atoms with Crippen molar-refractivity contribution in [1.82, 2.24) is 9.80 Å². The van der Waals surface area contributed by atoms with Gasteiger partial charge in [0.05, 0.1) is 35.8 Å². The van der Waals surface area contributed by atoms with Crippen molar-refractivity contribution < 1.29 is 24.2 Å². The Bertz CT molecular complexity index is 870. The van der Waals surface area contributed by atoms with Gasteiger partial charge in [0.25, 0.3) is 0 Å². The Kier molecular flexibility index (Phi) is 10.7. The summed E-state index contributed by atoms with van der Waals surface area (Å²) >= 11 is 5.39. The number of likely N-dealkylation sites (tertiary alicyclic amines) is 1. The number of aliphatic hydroxyl groups is 1. The van der Waals surface area contributed by atoms with E-state index in [0.717, 1.165) is 25.7 Å². The fourth-order valence-corrected chi connectivity index (χ4v) is 9.84. The average Bonchev–Trinajstić information content (AvgIpc) is 3.45. The van der Waals surface area contributed by atoms with Crippen LogP contribution in [0.2, 0.25) is 0 Å². The van der Waals surface area contributed by atoms with Crippen molar-refractivity contribution in [3.05, 3.63) is 25.3 Å². The van der Waals surface area contributed by atoms with Crippen LogP contribution in [-0.2, 0) is 19.1 Å². The summed E-state index contributed by atoms with van der Waals surface area (Å²) < 4.78 is 4.90. The molecular formula is C28H43BrN2O5S. The standard InChI is InChI=1S/C28H43BrN2O5S/c1-6-9-11-14-30(13-8-3)26(34)24-28-16-19(29)23(37-28)21(27(35)36-15-12-10-7-2)22(28)25(33)31(24)20(17-32)18(4)5/h7-8,18-24,32H,2-3,6,9-17H2,1,4-5H3/t19?,20-,21+,22-,23+,24?,28?/m0/s1. The molecule has 0 aromatic carbocycles. The molecule has 0 radical (unpaired) electrons. The maximum absolute atomic E-state index is 14.3. The normalized spacial score (nSPS) is 30.9. The molecule has 3 rings (SSSR count). The number of hydrogen-bond acceptors (Lipinski definition) is 6. The molecule has 0 aromatic heterocycles. The van der Waals surface area contributed by atoms with Gasteiger partial charge < -0.3 is 19.6 Å². The first kappa shape index (κ1) is 30.2. The number of esters is 1. The Morgan fingerprint density at radius 2 is 2.03 bits per heavy atom. The van der Waals surface area contributed by atoms with E-state index in [2.05, 4.69) is 36.0 Å². The van der Waals surface area contributed by atoms with Crippen LogP contribution in [0.1, 0.15) is 59.3 Å². The number of allylic oxidation sites excluding steroid dienone is 1. The minimum absolute atomic E-state index is 0.0119. The number of carbonyl (C=O) groups excluding carboxylic acids is 3. The molecule has 9 heteroatoms. The zero-order chi connectivity index (χ0) is 27.3. The Morgan fingerprint density at radius 3 is 2.62 bits per heavy atom. The zero-order valence-electron chi connectivity index (χ0n) is 22.4. The molecule has 2 amide bonds. The number of alkyl halides is 1. The van der Waals surface area contributed by atoms with Crippen molar-refractivity contribution in [2.75, 3.05) is 26.3 Å². The lowest BCUT2D eigenvalue weighted by atomic mass is 9.71. The maximum Gasteiger partial charge on any atom is 0.310 e. The Balaban J connectivity index is 2.02. The minimum atomic E-state index is -0.750. The van der Waals surface area contributed by atoms with Crippen molar-refractivity contribution in [3.63, 3.8) is 0 Å². The summed E-state index contributed by atoms with van der Waals surface area (Å²) in [5.74, 6) is -2.02. The Morgan fingerprint density at radius 1 is 1.30 bits per heavy atom. The van der Waals surface area contributed by atoms with Crippen molar-refractivity contribution in [3.8, 4) is 0 Å². The van der Waals surface area contributed by atoms with Crippen molar-refractivity contribution in [2.24, 2.45) is 17.8 Å². The number of fused-ring (bicyclic) bond motifs is 1. The molecular weight excluding hydrogens is 556 g/mol. The fraction of sp³-hybridized carbons (Fsp3) is 0.750. The topological polar surface area (TPSA) is 87.2 Å². The SMILES string of the molecule is C=CCCCOC(=O)[C@H]1[C@@H]2SC3(CC2Br)C(C(=O)N(CC=C)CCCCC)N([C@@H](CO)C(C)C)C(=O)[C@H]13.